The van der Waals surface area contributed by atoms with Crippen molar-refractivity contribution in [3.05, 3.63) is 59.7 Å². The van der Waals surface area contributed by atoms with Gasteiger partial charge < -0.3 is 5.32 Å². The summed E-state index contributed by atoms with van der Waals surface area (Å²) in [4.78, 5) is 22.9. The minimum atomic E-state index is -4.76. The number of hydrogen-bond acceptors (Lipinski definition) is 3. The normalized spacial score (nSPS) is 12.5. The standard InChI is InChI=1S/C16H10F6N2O3S/c17-10-2-1-3-11(18)12(10)13(25)24-15(26)23-8-4-6-9(7-5-8)28(27)16(21,22)14(19)20/h1-7,14H,(H2,23,24,25,26). The van der Waals surface area contributed by atoms with Crippen molar-refractivity contribution in [3.8, 4) is 0 Å². The molecule has 5 nitrogen and oxygen atoms in total. The zero-order valence-electron chi connectivity index (χ0n) is 13.5. The second-order valence-electron chi connectivity index (χ2n) is 5.16. The molecule has 0 aliphatic rings. The number of carbonyl (C=O) groups is 2. The van der Waals surface area contributed by atoms with E-state index in [1.54, 1.807) is 5.32 Å². The van der Waals surface area contributed by atoms with Crippen LogP contribution in [0.2, 0.25) is 0 Å². The summed E-state index contributed by atoms with van der Waals surface area (Å²) in [6.07, 6.45) is -4.14. The molecule has 1 unspecified atom stereocenters. The van der Waals surface area contributed by atoms with Gasteiger partial charge in [-0.15, -0.1) is 0 Å². The zero-order valence-corrected chi connectivity index (χ0v) is 14.3. The van der Waals surface area contributed by atoms with Gasteiger partial charge in [0.25, 0.3) is 5.91 Å². The molecule has 0 bridgehead atoms. The smallest absolute Gasteiger partial charge is 0.308 e. The Hall–Kier alpha value is -2.89. The van der Waals surface area contributed by atoms with Crippen LogP contribution in [-0.4, -0.2) is 27.8 Å². The minimum absolute atomic E-state index is 0.0968. The quantitative estimate of drug-likeness (QED) is 0.716. The summed E-state index contributed by atoms with van der Waals surface area (Å²) in [6.45, 7) is 0. The number of halogens is 6. The maximum atomic E-state index is 13.5. The van der Waals surface area contributed by atoms with E-state index < -0.39 is 56.5 Å². The van der Waals surface area contributed by atoms with Crippen LogP contribution < -0.4 is 10.6 Å². The van der Waals surface area contributed by atoms with Crippen molar-refractivity contribution in [2.75, 3.05) is 5.32 Å². The van der Waals surface area contributed by atoms with Gasteiger partial charge in [-0.1, -0.05) is 6.07 Å². The summed E-state index contributed by atoms with van der Waals surface area (Å²) in [7, 11) is -3.33. The van der Waals surface area contributed by atoms with Crippen molar-refractivity contribution in [2.45, 2.75) is 16.6 Å². The van der Waals surface area contributed by atoms with Crippen molar-refractivity contribution in [3.63, 3.8) is 0 Å². The number of hydrogen-bond donors (Lipinski definition) is 2. The van der Waals surface area contributed by atoms with Crippen LogP contribution in [0.15, 0.2) is 47.4 Å². The Morgan fingerprint density at radius 2 is 1.50 bits per heavy atom. The summed E-state index contributed by atoms with van der Waals surface area (Å²) in [5, 5.41) is -1.05. The monoisotopic (exact) mass is 424 g/mol. The molecule has 150 valence electrons. The van der Waals surface area contributed by atoms with Crippen molar-refractivity contribution >= 4 is 28.4 Å². The fourth-order valence-electron chi connectivity index (χ4n) is 1.94. The number of rotatable bonds is 5. The Morgan fingerprint density at radius 1 is 0.964 bits per heavy atom. The lowest BCUT2D eigenvalue weighted by molar-refractivity contribution is -0.0602. The van der Waals surface area contributed by atoms with E-state index in [0.717, 1.165) is 42.5 Å². The lowest BCUT2D eigenvalue weighted by Crippen LogP contribution is -2.35. The first-order valence-electron chi connectivity index (χ1n) is 7.28. The van der Waals surface area contributed by atoms with Crippen molar-refractivity contribution in [1.29, 1.82) is 0 Å². The van der Waals surface area contributed by atoms with E-state index >= 15 is 0 Å². The van der Waals surface area contributed by atoms with Crippen LogP contribution >= 0.6 is 0 Å². The van der Waals surface area contributed by atoms with Gasteiger partial charge in [0.05, 0.1) is 0 Å². The van der Waals surface area contributed by atoms with Crippen LogP contribution in [0.25, 0.3) is 0 Å². The van der Waals surface area contributed by atoms with Crippen LogP contribution in [0.3, 0.4) is 0 Å². The summed E-state index contributed by atoms with van der Waals surface area (Å²) in [6, 6.07) is 4.96. The zero-order chi connectivity index (χ0) is 21.1. The highest BCUT2D eigenvalue weighted by Crippen LogP contribution is 2.31. The second kappa shape index (κ2) is 8.42. The van der Waals surface area contributed by atoms with Gasteiger partial charge in [-0.25, -0.2) is 26.6 Å². The SMILES string of the molecule is O=C(NC(=O)c1c(F)cccc1F)Nc1ccc(S(=O)C(F)(F)C(F)F)cc1. The van der Waals surface area contributed by atoms with E-state index in [1.807, 2.05) is 0 Å². The van der Waals surface area contributed by atoms with Crippen molar-refractivity contribution < 1.29 is 40.1 Å². The highest BCUT2D eigenvalue weighted by atomic mass is 32.2. The van der Waals surface area contributed by atoms with Gasteiger partial charge in [0.2, 0.25) is 0 Å². The molecular formula is C16H10F6N2O3S. The molecule has 0 heterocycles. The predicted octanol–water partition coefficient (Wildman–Crippen LogP) is 3.89. The molecule has 0 aliphatic heterocycles. The largest absolute Gasteiger partial charge is 0.384 e. The van der Waals surface area contributed by atoms with Crippen LogP contribution in [0.5, 0.6) is 0 Å². The maximum absolute atomic E-state index is 13.5. The van der Waals surface area contributed by atoms with Crippen molar-refractivity contribution in [1.82, 2.24) is 5.32 Å². The van der Waals surface area contributed by atoms with Crippen LogP contribution in [0.4, 0.5) is 36.8 Å². The molecule has 28 heavy (non-hydrogen) atoms. The van der Waals surface area contributed by atoms with Gasteiger partial charge in [0, 0.05) is 10.6 Å². The Morgan fingerprint density at radius 3 is 2.00 bits per heavy atom. The minimum Gasteiger partial charge on any atom is -0.308 e. The van der Waals surface area contributed by atoms with Crippen LogP contribution in [0.1, 0.15) is 10.4 Å². The van der Waals surface area contributed by atoms with E-state index in [1.165, 1.54) is 0 Å². The Kier molecular flexibility index (Phi) is 6.44. The molecule has 2 aromatic rings. The first-order valence-corrected chi connectivity index (χ1v) is 8.43. The van der Waals surface area contributed by atoms with Crippen LogP contribution in [-0.2, 0) is 10.8 Å². The van der Waals surface area contributed by atoms with Gasteiger partial charge >= 0.3 is 17.7 Å². The van der Waals surface area contributed by atoms with Gasteiger partial charge in [0.15, 0.2) is 0 Å². The number of carbonyl (C=O) groups excluding carboxylic acids is 2. The number of anilines is 1. The second-order valence-corrected chi connectivity index (χ2v) is 6.71. The number of benzene rings is 2. The number of imide groups is 1. The van der Waals surface area contributed by atoms with E-state index in [2.05, 4.69) is 5.32 Å². The van der Waals surface area contributed by atoms with E-state index in [-0.39, 0.29) is 5.69 Å². The Labute approximate surface area is 156 Å². The van der Waals surface area contributed by atoms with Crippen LogP contribution in [0, 0.1) is 11.6 Å². The van der Waals surface area contributed by atoms with Gasteiger partial charge in [-0.2, -0.15) is 8.78 Å². The van der Waals surface area contributed by atoms with Gasteiger partial charge in [-0.05, 0) is 36.4 Å². The molecule has 2 rings (SSSR count). The molecular weight excluding hydrogens is 414 g/mol. The van der Waals surface area contributed by atoms with E-state index in [9.17, 15) is 40.1 Å². The lowest BCUT2D eigenvalue weighted by Gasteiger charge is -2.14. The topological polar surface area (TPSA) is 75.3 Å². The molecule has 0 fully saturated rings. The average molecular weight is 424 g/mol. The molecule has 0 aromatic heterocycles. The molecule has 3 amide bonds. The predicted molar refractivity (Wildman–Crippen MR) is 86.6 cm³/mol. The third-order valence-electron chi connectivity index (χ3n) is 3.24. The lowest BCUT2D eigenvalue weighted by atomic mass is 10.2. The molecule has 0 saturated carbocycles. The summed E-state index contributed by atoms with van der Waals surface area (Å²) in [5.41, 5.74) is -1.09. The number of nitrogens with one attached hydrogen (secondary N) is 2. The fraction of sp³-hybridized carbons (Fsp3) is 0.125. The molecule has 1 atom stereocenters. The third-order valence-corrected chi connectivity index (χ3v) is 4.62. The fourth-order valence-corrected chi connectivity index (χ4v) is 2.80. The molecule has 0 saturated heterocycles. The van der Waals surface area contributed by atoms with Crippen molar-refractivity contribution in [2.24, 2.45) is 0 Å². The number of urea groups is 1. The van der Waals surface area contributed by atoms with Gasteiger partial charge in [0.1, 0.15) is 28.0 Å². The molecule has 0 aliphatic carbocycles. The number of alkyl halides is 4. The summed E-state index contributed by atoms with van der Waals surface area (Å²) < 4.78 is 89.0. The third kappa shape index (κ3) is 4.68. The molecule has 2 aromatic carbocycles. The molecule has 0 spiro atoms. The van der Waals surface area contributed by atoms with E-state index in [4.69, 9.17) is 0 Å². The Bertz CT molecular complexity index is 901. The Balaban J connectivity index is 2.05. The first kappa shape index (κ1) is 21.4. The highest BCUT2D eigenvalue weighted by molar-refractivity contribution is 7.86. The average Bonchev–Trinajstić information content (AvgIpc) is 2.61. The summed E-state index contributed by atoms with van der Waals surface area (Å²) >= 11 is 0. The summed E-state index contributed by atoms with van der Waals surface area (Å²) in [5.74, 6) is -3.77. The molecule has 2 N–H and O–H groups in total. The highest BCUT2D eigenvalue weighted by Gasteiger charge is 2.48. The molecule has 12 heteroatoms. The first-order chi connectivity index (χ1) is 13.0. The van der Waals surface area contributed by atoms with E-state index in [0.29, 0.717) is 0 Å². The maximum Gasteiger partial charge on any atom is 0.384 e. The van der Waals surface area contributed by atoms with Gasteiger partial charge in [-0.3, -0.25) is 10.1 Å². The number of amides is 3. The molecule has 0 radical (unpaired) electrons.